The molecule has 0 unspecified atom stereocenters. The number of carboxylic acid groups (broad SMARTS) is 1. The molecule has 1 rings (SSSR count). The van der Waals surface area contributed by atoms with E-state index in [0.29, 0.717) is 6.54 Å². The van der Waals surface area contributed by atoms with Crippen molar-refractivity contribution in [2.45, 2.75) is 32.1 Å². The first kappa shape index (κ1) is 12.5. The van der Waals surface area contributed by atoms with Crippen LogP contribution in [0.1, 0.15) is 32.1 Å². The second-order valence-electron chi connectivity index (χ2n) is 4.15. The van der Waals surface area contributed by atoms with Gasteiger partial charge in [0.05, 0.1) is 6.42 Å². The van der Waals surface area contributed by atoms with Crippen LogP contribution >= 0.6 is 0 Å². The van der Waals surface area contributed by atoms with Gasteiger partial charge in [0.25, 0.3) is 0 Å². The number of rotatable bonds is 6. The molecule has 4 heteroatoms. The van der Waals surface area contributed by atoms with E-state index in [0.717, 1.165) is 13.1 Å². The summed E-state index contributed by atoms with van der Waals surface area (Å²) in [4.78, 5) is 12.7. The Balaban J connectivity index is 1.96. The molecule has 1 saturated heterocycles. The highest BCUT2D eigenvalue weighted by Gasteiger charge is 2.07. The van der Waals surface area contributed by atoms with Gasteiger partial charge < -0.3 is 15.3 Å². The van der Waals surface area contributed by atoms with Crippen molar-refractivity contribution < 1.29 is 9.90 Å². The van der Waals surface area contributed by atoms with Gasteiger partial charge in [0.15, 0.2) is 0 Å². The van der Waals surface area contributed by atoms with Gasteiger partial charge in [0.2, 0.25) is 0 Å². The Labute approximate surface area is 91.6 Å². The average Bonchev–Trinajstić information content (AvgIpc) is 2.45. The van der Waals surface area contributed by atoms with Gasteiger partial charge in [-0.05, 0) is 25.9 Å². The minimum Gasteiger partial charge on any atom is -0.481 e. The molecule has 0 aromatic carbocycles. The van der Waals surface area contributed by atoms with Crippen molar-refractivity contribution in [3.8, 4) is 0 Å². The van der Waals surface area contributed by atoms with E-state index in [1.54, 1.807) is 0 Å². The molecule has 0 aliphatic carbocycles. The van der Waals surface area contributed by atoms with Crippen LogP contribution in [0, 0.1) is 0 Å². The molecule has 0 radical (unpaired) electrons. The zero-order valence-electron chi connectivity index (χ0n) is 9.37. The lowest BCUT2D eigenvalue weighted by Crippen LogP contribution is -2.33. The third kappa shape index (κ3) is 6.47. The number of hydrogen-bond donors (Lipinski definition) is 2. The molecule has 0 aromatic heterocycles. The van der Waals surface area contributed by atoms with Gasteiger partial charge in [-0.1, -0.05) is 12.8 Å². The summed E-state index contributed by atoms with van der Waals surface area (Å²) in [6.07, 6.45) is 5.58. The zero-order valence-corrected chi connectivity index (χ0v) is 9.37. The van der Waals surface area contributed by atoms with Crippen LogP contribution in [0.3, 0.4) is 0 Å². The van der Waals surface area contributed by atoms with Crippen LogP contribution in [0.5, 0.6) is 0 Å². The summed E-state index contributed by atoms with van der Waals surface area (Å²) in [5.74, 6) is -0.725. The first-order chi connectivity index (χ1) is 7.29. The molecule has 4 nitrogen and oxygen atoms in total. The first-order valence-corrected chi connectivity index (χ1v) is 5.94. The average molecular weight is 214 g/mol. The van der Waals surface area contributed by atoms with Crippen LogP contribution in [0.15, 0.2) is 0 Å². The topological polar surface area (TPSA) is 52.6 Å². The number of nitrogens with zero attached hydrogens (tertiary/aromatic N) is 1. The van der Waals surface area contributed by atoms with Crippen LogP contribution < -0.4 is 5.32 Å². The molecule has 0 amide bonds. The zero-order chi connectivity index (χ0) is 10.9. The van der Waals surface area contributed by atoms with Crippen molar-refractivity contribution in [1.82, 2.24) is 10.2 Å². The monoisotopic (exact) mass is 214 g/mol. The number of aliphatic carboxylic acids is 1. The third-order valence-electron chi connectivity index (χ3n) is 2.82. The number of carboxylic acids is 1. The van der Waals surface area contributed by atoms with Crippen LogP contribution in [0.2, 0.25) is 0 Å². The lowest BCUT2D eigenvalue weighted by molar-refractivity contribution is -0.136. The number of carbonyl (C=O) groups is 1. The molecular weight excluding hydrogens is 192 g/mol. The normalized spacial score (nSPS) is 18.7. The van der Waals surface area contributed by atoms with Gasteiger partial charge in [-0.25, -0.2) is 0 Å². The Kier molecular flexibility index (Phi) is 6.36. The van der Waals surface area contributed by atoms with E-state index in [1.807, 2.05) is 0 Å². The highest BCUT2D eigenvalue weighted by atomic mass is 16.4. The highest BCUT2D eigenvalue weighted by molar-refractivity contribution is 5.66. The molecule has 1 aliphatic rings. The van der Waals surface area contributed by atoms with E-state index in [4.69, 9.17) is 5.11 Å². The largest absolute Gasteiger partial charge is 0.481 e. The Bertz CT molecular complexity index is 177. The summed E-state index contributed by atoms with van der Waals surface area (Å²) >= 11 is 0. The number of hydrogen-bond acceptors (Lipinski definition) is 3. The standard InChI is InChI=1S/C11H22N2O2/c14-11(15)5-6-12-7-10-13-8-3-1-2-4-9-13/h12H,1-10H2,(H,14,15). The van der Waals surface area contributed by atoms with Crippen LogP contribution in [-0.2, 0) is 4.79 Å². The third-order valence-corrected chi connectivity index (χ3v) is 2.82. The Morgan fingerprint density at radius 3 is 2.40 bits per heavy atom. The maximum absolute atomic E-state index is 10.3. The van der Waals surface area contributed by atoms with E-state index < -0.39 is 5.97 Å². The summed E-state index contributed by atoms with van der Waals surface area (Å²) in [5, 5.41) is 11.6. The number of nitrogens with one attached hydrogen (secondary N) is 1. The van der Waals surface area contributed by atoms with Crippen LogP contribution in [0.4, 0.5) is 0 Å². The van der Waals surface area contributed by atoms with Crippen LogP contribution in [0.25, 0.3) is 0 Å². The fourth-order valence-electron chi connectivity index (χ4n) is 1.92. The molecule has 2 N–H and O–H groups in total. The molecule has 88 valence electrons. The molecule has 1 fully saturated rings. The van der Waals surface area contributed by atoms with Crippen molar-refractivity contribution in [1.29, 1.82) is 0 Å². The summed E-state index contributed by atoms with van der Waals surface area (Å²) in [6.45, 7) is 4.97. The SMILES string of the molecule is O=C(O)CCNCCN1CCCCCC1. The Morgan fingerprint density at radius 2 is 1.80 bits per heavy atom. The molecule has 0 bridgehead atoms. The molecule has 1 aliphatic heterocycles. The molecule has 15 heavy (non-hydrogen) atoms. The van der Waals surface area contributed by atoms with E-state index in [9.17, 15) is 4.79 Å². The van der Waals surface area contributed by atoms with Gasteiger partial charge in [0.1, 0.15) is 0 Å². The van der Waals surface area contributed by atoms with Gasteiger partial charge in [0, 0.05) is 19.6 Å². The minimum absolute atomic E-state index is 0.222. The number of likely N-dealkylation sites (tertiary alicyclic amines) is 1. The Morgan fingerprint density at radius 1 is 1.13 bits per heavy atom. The van der Waals surface area contributed by atoms with E-state index in [2.05, 4.69) is 10.2 Å². The van der Waals surface area contributed by atoms with E-state index in [-0.39, 0.29) is 6.42 Å². The molecular formula is C11H22N2O2. The second-order valence-corrected chi connectivity index (χ2v) is 4.15. The smallest absolute Gasteiger partial charge is 0.304 e. The Hall–Kier alpha value is -0.610. The molecule has 0 aromatic rings. The fourth-order valence-corrected chi connectivity index (χ4v) is 1.92. The quantitative estimate of drug-likeness (QED) is 0.646. The van der Waals surface area contributed by atoms with E-state index in [1.165, 1.54) is 38.8 Å². The van der Waals surface area contributed by atoms with Gasteiger partial charge >= 0.3 is 5.97 Å². The van der Waals surface area contributed by atoms with E-state index >= 15 is 0 Å². The van der Waals surface area contributed by atoms with Crippen LogP contribution in [-0.4, -0.2) is 48.7 Å². The summed E-state index contributed by atoms with van der Waals surface area (Å²) < 4.78 is 0. The van der Waals surface area contributed by atoms with Crippen molar-refractivity contribution in [3.05, 3.63) is 0 Å². The maximum atomic E-state index is 10.3. The molecule has 0 atom stereocenters. The fraction of sp³-hybridized carbons (Fsp3) is 0.909. The van der Waals surface area contributed by atoms with Gasteiger partial charge in [-0.2, -0.15) is 0 Å². The van der Waals surface area contributed by atoms with Crippen molar-refractivity contribution >= 4 is 5.97 Å². The van der Waals surface area contributed by atoms with Gasteiger partial charge in [-0.15, -0.1) is 0 Å². The van der Waals surface area contributed by atoms with Crippen molar-refractivity contribution in [3.63, 3.8) is 0 Å². The highest BCUT2D eigenvalue weighted by Crippen LogP contribution is 2.08. The van der Waals surface area contributed by atoms with Gasteiger partial charge in [-0.3, -0.25) is 4.79 Å². The summed E-state index contributed by atoms with van der Waals surface area (Å²) in [6, 6.07) is 0. The lowest BCUT2D eigenvalue weighted by atomic mass is 10.2. The minimum atomic E-state index is -0.725. The lowest BCUT2D eigenvalue weighted by Gasteiger charge is -2.19. The molecule has 1 heterocycles. The second kappa shape index (κ2) is 7.65. The predicted octanol–water partition coefficient (Wildman–Crippen LogP) is 0.927. The first-order valence-electron chi connectivity index (χ1n) is 5.94. The summed E-state index contributed by atoms with van der Waals surface area (Å²) in [5.41, 5.74) is 0. The molecule has 0 spiro atoms. The maximum Gasteiger partial charge on any atom is 0.304 e. The summed E-state index contributed by atoms with van der Waals surface area (Å²) in [7, 11) is 0. The molecule has 0 saturated carbocycles. The predicted molar refractivity (Wildman–Crippen MR) is 60.0 cm³/mol. The van der Waals surface area contributed by atoms with Crippen molar-refractivity contribution in [2.24, 2.45) is 0 Å². The van der Waals surface area contributed by atoms with Crippen molar-refractivity contribution in [2.75, 3.05) is 32.7 Å².